The molecule has 5 nitrogen and oxygen atoms in total. The molecule has 0 bridgehead atoms. The first kappa shape index (κ1) is 12.3. The van der Waals surface area contributed by atoms with Crippen LogP contribution in [0.15, 0.2) is 42.7 Å². The van der Waals surface area contributed by atoms with Gasteiger partial charge in [0, 0.05) is 11.8 Å². The second kappa shape index (κ2) is 5.11. The first-order valence-electron chi connectivity index (χ1n) is 6.54. The quantitative estimate of drug-likeness (QED) is 0.842. The van der Waals surface area contributed by atoms with E-state index in [4.69, 9.17) is 9.47 Å². The molecule has 1 aliphatic heterocycles. The fourth-order valence-electron chi connectivity index (χ4n) is 2.31. The van der Waals surface area contributed by atoms with Crippen molar-refractivity contribution in [3.8, 4) is 0 Å². The topological polar surface area (TPSA) is 49.2 Å². The number of hydrogen-bond donors (Lipinski definition) is 0. The number of hydrogen-bond acceptors (Lipinski definition) is 4. The van der Waals surface area contributed by atoms with Gasteiger partial charge in [-0.3, -0.25) is 0 Å². The second-order valence-electron chi connectivity index (χ2n) is 4.68. The number of aromatic nitrogens is 3. The lowest BCUT2D eigenvalue weighted by Gasteiger charge is -2.28. The summed E-state index contributed by atoms with van der Waals surface area (Å²) in [5.41, 5.74) is 1.02. The molecule has 0 N–H and O–H groups in total. The van der Waals surface area contributed by atoms with Crippen LogP contribution in [0.4, 0.5) is 0 Å². The van der Waals surface area contributed by atoms with Crippen molar-refractivity contribution in [3.05, 3.63) is 48.3 Å². The second-order valence-corrected chi connectivity index (χ2v) is 4.68. The van der Waals surface area contributed by atoms with Gasteiger partial charge in [-0.25, -0.2) is 4.68 Å². The van der Waals surface area contributed by atoms with Gasteiger partial charge in [-0.2, -0.15) is 0 Å². The van der Waals surface area contributed by atoms with E-state index >= 15 is 0 Å². The molecule has 0 spiro atoms. The summed E-state index contributed by atoms with van der Waals surface area (Å²) < 4.78 is 13.9. The molecule has 0 aliphatic carbocycles. The van der Waals surface area contributed by atoms with Gasteiger partial charge in [0.05, 0.1) is 18.9 Å². The first-order chi connectivity index (χ1) is 9.32. The fraction of sp³-hybridized carbons (Fsp3) is 0.429. The van der Waals surface area contributed by atoms with E-state index in [9.17, 15) is 0 Å². The van der Waals surface area contributed by atoms with Crippen molar-refractivity contribution >= 4 is 0 Å². The average molecular weight is 259 g/mol. The Morgan fingerprint density at radius 2 is 2.21 bits per heavy atom. The van der Waals surface area contributed by atoms with E-state index in [1.54, 1.807) is 10.9 Å². The zero-order chi connectivity index (χ0) is 13.1. The zero-order valence-electron chi connectivity index (χ0n) is 10.9. The van der Waals surface area contributed by atoms with E-state index in [-0.39, 0.29) is 6.10 Å². The summed E-state index contributed by atoms with van der Waals surface area (Å²) in [7, 11) is 0. The minimum atomic E-state index is -0.754. The Morgan fingerprint density at radius 1 is 1.37 bits per heavy atom. The normalized spacial score (nSPS) is 26.7. The number of nitrogens with zero attached hydrogens (tertiary/aromatic N) is 3. The van der Waals surface area contributed by atoms with Gasteiger partial charge in [0.15, 0.2) is 0 Å². The van der Waals surface area contributed by atoms with Crippen LogP contribution in [0.2, 0.25) is 0 Å². The lowest BCUT2D eigenvalue weighted by atomic mass is 10.1. The molecule has 1 fully saturated rings. The summed E-state index contributed by atoms with van der Waals surface area (Å²) in [4.78, 5) is 0. The summed E-state index contributed by atoms with van der Waals surface area (Å²) in [6.07, 6.45) is 4.54. The molecule has 1 aromatic heterocycles. The Labute approximate surface area is 112 Å². The van der Waals surface area contributed by atoms with Crippen molar-refractivity contribution in [1.29, 1.82) is 0 Å². The first-order valence-corrected chi connectivity index (χ1v) is 6.54. The smallest absolute Gasteiger partial charge is 0.215 e. The van der Waals surface area contributed by atoms with Crippen molar-refractivity contribution < 1.29 is 9.47 Å². The molecule has 1 saturated heterocycles. The van der Waals surface area contributed by atoms with E-state index in [1.807, 2.05) is 36.5 Å². The summed E-state index contributed by atoms with van der Waals surface area (Å²) in [6.45, 7) is 3.22. The Morgan fingerprint density at radius 3 is 2.84 bits per heavy atom. The molecule has 1 aliphatic rings. The molecular formula is C14H17N3O2. The van der Waals surface area contributed by atoms with Crippen LogP contribution in [-0.2, 0) is 21.8 Å². The summed E-state index contributed by atoms with van der Waals surface area (Å²) >= 11 is 0. The van der Waals surface area contributed by atoms with E-state index in [1.165, 1.54) is 0 Å². The summed E-state index contributed by atoms with van der Waals surface area (Å²) in [5, 5.41) is 7.84. The number of benzene rings is 1. The predicted molar refractivity (Wildman–Crippen MR) is 69.3 cm³/mol. The van der Waals surface area contributed by atoms with Crippen LogP contribution in [0, 0.1) is 0 Å². The minimum Gasteiger partial charge on any atom is -0.342 e. The monoisotopic (exact) mass is 259 g/mol. The Hall–Kier alpha value is -1.72. The van der Waals surface area contributed by atoms with Gasteiger partial charge in [0.25, 0.3) is 0 Å². The maximum Gasteiger partial charge on any atom is 0.215 e. The van der Waals surface area contributed by atoms with Gasteiger partial charge >= 0.3 is 0 Å². The molecule has 0 radical (unpaired) electrons. The van der Waals surface area contributed by atoms with Gasteiger partial charge in [0.2, 0.25) is 5.79 Å². The van der Waals surface area contributed by atoms with E-state index in [0.717, 1.165) is 12.0 Å². The van der Waals surface area contributed by atoms with E-state index in [0.29, 0.717) is 13.2 Å². The van der Waals surface area contributed by atoms with Gasteiger partial charge in [0.1, 0.15) is 6.54 Å². The highest BCUT2D eigenvalue weighted by Gasteiger charge is 2.43. The van der Waals surface area contributed by atoms with Crippen molar-refractivity contribution in [3.63, 3.8) is 0 Å². The van der Waals surface area contributed by atoms with Gasteiger partial charge in [-0.1, -0.05) is 42.5 Å². The number of ether oxygens (including phenoxy) is 2. The van der Waals surface area contributed by atoms with Crippen LogP contribution in [0.5, 0.6) is 0 Å². The molecular weight excluding hydrogens is 242 g/mol. The lowest BCUT2D eigenvalue weighted by Crippen LogP contribution is -2.33. The van der Waals surface area contributed by atoms with Crippen molar-refractivity contribution in [2.45, 2.75) is 31.8 Å². The van der Waals surface area contributed by atoms with Crippen LogP contribution in [0.25, 0.3) is 0 Å². The molecule has 0 amide bonds. The molecule has 5 heteroatoms. The third-order valence-electron chi connectivity index (χ3n) is 3.37. The SMILES string of the molecule is CCC1COC(Cn2ccnn2)(c2ccccc2)O1. The molecule has 2 heterocycles. The fourth-order valence-corrected chi connectivity index (χ4v) is 2.31. The third kappa shape index (κ3) is 2.39. The van der Waals surface area contributed by atoms with Crippen LogP contribution in [0.1, 0.15) is 18.9 Å². The summed E-state index contributed by atoms with van der Waals surface area (Å²) in [5.74, 6) is -0.754. The van der Waals surface area contributed by atoms with Crippen LogP contribution in [-0.4, -0.2) is 27.7 Å². The van der Waals surface area contributed by atoms with Crippen LogP contribution >= 0.6 is 0 Å². The van der Waals surface area contributed by atoms with E-state index < -0.39 is 5.79 Å². The zero-order valence-corrected chi connectivity index (χ0v) is 10.9. The predicted octanol–water partition coefficient (Wildman–Crippen LogP) is 1.96. The molecule has 2 aromatic rings. The lowest BCUT2D eigenvalue weighted by molar-refractivity contribution is -0.188. The third-order valence-corrected chi connectivity index (χ3v) is 3.37. The standard InChI is InChI=1S/C14H17N3O2/c1-2-13-10-18-14(19-13,11-17-9-8-15-16-17)12-6-4-3-5-7-12/h3-9,13H,2,10-11H2,1H3. The highest BCUT2D eigenvalue weighted by atomic mass is 16.7. The maximum absolute atomic E-state index is 6.15. The Kier molecular flexibility index (Phi) is 3.31. The molecule has 2 atom stereocenters. The van der Waals surface area contributed by atoms with Crippen molar-refractivity contribution in [2.24, 2.45) is 0 Å². The molecule has 2 unspecified atom stereocenters. The van der Waals surface area contributed by atoms with Gasteiger partial charge < -0.3 is 9.47 Å². The molecule has 19 heavy (non-hydrogen) atoms. The molecule has 0 saturated carbocycles. The minimum absolute atomic E-state index is 0.128. The summed E-state index contributed by atoms with van der Waals surface area (Å²) in [6, 6.07) is 10.0. The maximum atomic E-state index is 6.15. The average Bonchev–Trinajstić information content (AvgIpc) is 3.10. The van der Waals surface area contributed by atoms with Crippen LogP contribution in [0.3, 0.4) is 0 Å². The molecule has 3 rings (SSSR count). The highest BCUT2D eigenvalue weighted by Crippen LogP contribution is 2.36. The van der Waals surface area contributed by atoms with Crippen molar-refractivity contribution in [2.75, 3.05) is 6.61 Å². The largest absolute Gasteiger partial charge is 0.342 e. The molecule has 100 valence electrons. The van der Waals surface area contributed by atoms with Gasteiger partial charge in [-0.15, -0.1) is 5.10 Å². The Balaban J connectivity index is 1.92. The number of rotatable bonds is 4. The van der Waals surface area contributed by atoms with Gasteiger partial charge in [-0.05, 0) is 6.42 Å². The Bertz CT molecular complexity index is 515. The van der Waals surface area contributed by atoms with E-state index in [2.05, 4.69) is 17.2 Å². The highest BCUT2D eigenvalue weighted by molar-refractivity contribution is 5.21. The van der Waals surface area contributed by atoms with Crippen LogP contribution < -0.4 is 0 Å². The van der Waals surface area contributed by atoms with Crippen molar-refractivity contribution in [1.82, 2.24) is 15.0 Å². The molecule has 1 aromatic carbocycles.